The molecule has 0 spiro atoms. The van der Waals surface area contributed by atoms with Gasteiger partial charge < -0.3 is 5.32 Å². The maximum absolute atomic E-state index is 6.19. The van der Waals surface area contributed by atoms with Gasteiger partial charge in [-0.1, -0.05) is 41.9 Å². The van der Waals surface area contributed by atoms with Crippen LogP contribution in [-0.2, 0) is 6.54 Å². The van der Waals surface area contributed by atoms with Crippen LogP contribution in [0.25, 0.3) is 0 Å². The Kier molecular flexibility index (Phi) is 4.73. The van der Waals surface area contributed by atoms with Crippen molar-refractivity contribution >= 4 is 17.3 Å². The normalized spacial score (nSPS) is 19.4. The summed E-state index contributed by atoms with van der Waals surface area (Å²) in [4.78, 5) is 6.64. The van der Waals surface area contributed by atoms with Crippen molar-refractivity contribution in [2.24, 2.45) is 0 Å². The van der Waals surface area contributed by atoms with E-state index in [-0.39, 0.29) is 0 Å². The van der Waals surface area contributed by atoms with Gasteiger partial charge in [0.25, 0.3) is 0 Å². The van der Waals surface area contributed by atoms with E-state index in [1.165, 1.54) is 18.4 Å². The molecule has 1 aliphatic heterocycles. The van der Waals surface area contributed by atoms with E-state index in [1.807, 2.05) is 6.07 Å². The van der Waals surface area contributed by atoms with Crippen LogP contribution in [0, 0.1) is 0 Å². The monoisotopic (exact) mass is 301 g/mol. The summed E-state index contributed by atoms with van der Waals surface area (Å²) in [6.45, 7) is 3.22. The molecule has 0 bridgehead atoms. The lowest BCUT2D eigenvalue weighted by atomic mass is 10.0. The van der Waals surface area contributed by atoms with E-state index in [9.17, 15) is 0 Å². The van der Waals surface area contributed by atoms with Gasteiger partial charge >= 0.3 is 0 Å². The second kappa shape index (κ2) is 6.92. The number of nitrogens with zero attached hydrogens (tertiary/aromatic N) is 2. The van der Waals surface area contributed by atoms with Crippen molar-refractivity contribution < 1.29 is 0 Å². The highest BCUT2D eigenvalue weighted by molar-refractivity contribution is 6.33. The lowest BCUT2D eigenvalue weighted by molar-refractivity contribution is 0.208. The predicted molar refractivity (Wildman–Crippen MR) is 87.6 cm³/mol. The van der Waals surface area contributed by atoms with Crippen LogP contribution in [0.3, 0.4) is 0 Å². The van der Waals surface area contributed by atoms with Crippen molar-refractivity contribution in [3.05, 3.63) is 59.4 Å². The number of benzene rings is 1. The number of likely N-dealkylation sites (tertiary alicyclic amines) is 1. The van der Waals surface area contributed by atoms with Gasteiger partial charge in [0.2, 0.25) is 0 Å². The molecule has 1 unspecified atom stereocenters. The Hall–Kier alpha value is -1.58. The van der Waals surface area contributed by atoms with Crippen molar-refractivity contribution in [3.63, 3.8) is 0 Å². The van der Waals surface area contributed by atoms with Crippen LogP contribution in [0.4, 0.5) is 5.69 Å². The van der Waals surface area contributed by atoms with E-state index >= 15 is 0 Å². The van der Waals surface area contributed by atoms with Gasteiger partial charge in [-0.2, -0.15) is 0 Å². The van der Waals surface area contributed by atoms with Gasteiger partial charge in [0.1, 0.15) is 0 Å². The molecule has 21 heavy (non-hydrogen) atoms. The van der Waals surface area contributed by atoms with E-state index in [1.54, 1.807) is 12.4 Å². The summed E-state index contributed by atoms with van der Waals surface area (Å²) in [5, 5.41) is 4.27. The van der Waals surface area contributed by atoms with Crippen molar-refractivity contribution in [3.8, 4) is 0 Å². The quantitative estimate of drug-likeness (QED) is 0.931. The maximum atomic E-state index is 6.19. The van der Waals surface area contributed by atoms with Gasteiger partial charge in [-0.05, 0) is 31.0 Å². The molecule has 3 rings (SSSR count). The highest BCUT2D eigenvalue weighted by Gasteiger charge is 2.20. The van der Waals surface area contributed by atoms with Gasteiger partial charge in [-0.15, -0.1) is 0 Å². The second-order valence-electron chi connectivity index (χ2n) is 5.56. The number of nitrogens with one attached hydrogen (secondary N) is 1. The predicted octanol–water partition coefficient (Wildman–Crippen LogP) is 3.81. The van der Waals surface area contributed by atoms with Crippen molar-refractivity contribution in [1.29, 1.82) is 0 Å². The Balaban J connectivity index is 1.60. The summed E-state index contributed by atoms with van der Waals surface area (Å²) < 4.78 is 0. The molecule has 2 aromatic rings. The number of pyridine rings is 1. The first kappa shape index (κ1) is 14.4. The zero-order chi connectivity index (χ0) is 14.5. The third-order valence-corrected chi connectivity index (χ3v) is 4.21. The minimum Gasteiger partial charge on any atom is -0.379 e. The fourth-order valence-corrected chi connectivity index (χ4v) is 3.02. The third kappa shape index (κ3) is 3.96. The van der Waals surface area contributed by atoms with Crippen LogP contribution < -0.4 is 5.32 Å². The molecule has 1 aromatic heterocycles. The molecule has 0 radical (unpaired) electrons. The lowest BCUT2D eigenvalue weighted by Gasteiger charge is -2.33. The molecule has 1 N–H and O–H groups in total. The van der Waals surface area contributed by atoms with Gasteiger partial charge in [-0.3, -0.25) is 9.88 Å². The highest BCUT2D eigenvalue weighted by atomic mass is 35.5. The molecule has 2 heterocycles. The Bertz CT molecular complexity index is 573. The average molecular weight is 302 g/mol. The number of hydrogen-bond acceptors (Lipinski definition) is 3. The molecule has 1 aromatic carbocycles. The zero-order valence-corrected chi connectivity index (χ0v) is 12.8. The summed E-state index contributed by atoms with van der Waals surface area (Å²) in [7, 11) is 0. The molecule has 1 aliphatic rings. The highest BCUT2D eigenvalue weighted by Crippen LogP contribution is 2.23. The van der Waals surface area contributed by atoms with E-state index in [2.05, 4.69) is 45.5 Å². The lowest BCUT2D eigenvalue weighted by Crippen LogP contribution is -2.41. The zero-order valence-electron chi connectivity index (χ0n) is 12.0. The van der Waals surface area contributed by atoms with Crippen LogP contribution in [-0.4, -0.2) is 29.0 Å². The fourth-order valence-electron chi connectivity index (χ4n) is 2.86. The van der Waals surface area contributed by atoms with Gasteiger partial charge in [-0.25, -0.2) is 0 Å². The molecule has 0 amide bonds. The number of piperidine rings is 1. The van der Waals surface area contributed by atoms with E-state index < -0.39 is 0 Å². The number of anilines is 1. The standard InChI is InChI=1S/C17H20ClN3/c18-16-8-9-19-11-17(16)20-15-7-4-10-21(13-15)12-14-5-2-1-3-6-14/h1-3,5-6,8-9,11,15,20H,4,7,10,12-13H2. The molecule has 4 heteroatoms. The molecular weight excluding hydrogens is 282 g/mol. The summed E-state index contributed by atoms with van der Waals surface area (Å²) >= 11 is 6.19. The Morgan fingerprint density at radius 3 is 2.90 bits per heavy atom. The molecule has 3 nitrogen and oxygen atoms in total. The average Bonchev–Trinajstić information content (AvgIpc) is 2.51. The Labute approximate surface area is 131 Å². The second-order valence-corrected chi connectivity index (χ2v) is 5.97. The minimum absolute atomic E-state index is 0.434. The molecule has 0 aliphatic carbocycles. The smallest absolute Gasteiger partial charge is 0.0718 e. The van der Waals surface area contributed by atoms with Crippen LogP contribution >= 0.6 is 11.6 Å². The van der Waals surface area contributed by atoms with Crippen molar-refractivity contribution in [2.75, 3.05) is 18.4 Å². The summed E-state index contributed by atoms with van der Waals surface area (Å²) in [6, 6.07) is 12.9. The number of rotatable bonds is 4. The Morgan fingerprint density at radius 1 is 1.24 bits per heavy atom. The van der Waals surface area contributed by atoms with Gasteiger partial charge in [0.05, 0.1) is 16.9 Å². The first-order valence-electron chi connectivity index (χ1n) is 7.43. The minimum atomic E-state index is 0.434. The number of aromatic nitrogens is 1. The van der Waals surface area contributed by atoms with Gasteiger partial charge in [0.15, 0.2) is 0 Å². The number of hydrogen-bond donors (Lipinski definition) is 1. The van der Waals surface area contributed by atoms with Crippen LogP contribution in [0.2, 0.25) is 5.02 Å². The van der Waals surface area contributed by atoms with E-state index in [0.29, 0.717) is 6.04 Å². The van der Waals surface area contributed by atoms with Crippen LogP contribution in [0.15, 0.2) is 48.8 Å². The van der Waals surface area contributed by atoms with E-state index in [0.717, 1.165) is 30.3 Å². The molecule has 1 fully saturated rings. The summed E-state index contributed by atoms with van der Waals surface area (Å²) in [6.07, 6.45) is 5.91. The Morgan fingerprint density at radius 2 is 2.10 bits per heavy atom. The number of halogens is 1. The SMILES string of the molecule is Clc1ccncc1NC1CCCN(Cc2ccccc2)C1. The fraction of sp³-hybridized carbons (Fsp3) is 0.353. The largest absolute Gasteiger partial charge is 0.379 e. The molecule has 1 saturated heterocycles. The summed E-state index contributed by atoms with van der Waals surface area (Å²) in [5.74, 6) is 0. The molecule has 1 atom stereocenters. The maximum Gasteiger partial charge on any atom is 0.0718 e. The first-order valence-corrected chi connectivity index (χ1v) is 7.81. The van der Waals surface area contributed by atoms with Gasteiger partial charge in [0, 0.05) is 25.3 Å². The van der Waals surface area contributed by atoms with Crippen LogP contribution in [0.5, 0.6) is 0 Å². The first-order chi connectivity index (χ1) is 10.3. The van der Waals surface area contributed by atoms with Crippen molar-refractivity contribution in [1.82, 2.24) is 9.88 Å². The molecule has 110 valence electrons. The third-order valence-electron chi connectivity index (χ3n) is 3.88. The van der Waals surface area contributed by atoms with E-state index in [4.69, 9.17) is 11.6 Å². The van der Waals surface area contributed by atoms with Crippen molar-refractivity contribution in [2.45, 2.75) is 25.4 Å². The molecular formula is C17H20ClN3. The topological polar surface area (TPSA) is 28.2 Å². The molecule has 0 saturated carbocycles. The van der Waals surface area contributed by atoms with Crippen LogP contribution in [0.1, 0.15) is 18.4 Å². The summed E-state index contributed by atoms with van der Waals surface area (Å²) in [5.41, 5.74) is 2.31.